The first kappa shape index (κ1) is 46.8. The van der Waals surface area contributed by atoms with Crippen LogP contribution in [-0.4, -0.2) is 6.85 Å². The summed E-state index contributed by atoms with van der Waals surface area (Å²) < 4.78 is 2.68. The van der Waals surface area contributed by atoms with Crippen molar-refractivity contribution in [2.24, 2.45) is 0 Å². The number of thiophene rings is 1. The second kappa shape index (κ2) is 15.8. The molecule has 5 heteroatoms. The molecule has 364 valence electrons. The average Bonchev–Trinajstić information content (AvgIpc) is 3.74. The van der Waals surface area contributed by atoms with Gasteiger partial charge in [-0.3, -0.25) is 0 Å². The summed E-state index contributed by atoms with van der Waals surface area (Å²) in [6.07, 6.45) is 2.35. The van der Waals surface area contributed by atoms with E-state index in [1.807, 2.05) is 23.1 Å². The van der Waals surface area contributed by atoms with Gasteiger partial charge in [-0.25, -0.2) is 0 Å². The molecule has 0 amide bonds. The number of fused-ring (bicyclic) bond motifs is 11. The number of nitrogens with zero attached hydrogens (tertiary/aromatic N) is 2. The summed E-state index contributed by atoms with van der Waals surface area (Å²) in [6, 6.07) is 57.4. The minimum Gasteiger partial charge on any atom is -0.376 e. The van der Waals surface area contributed by atoms with Crippen molar-refractivity contribution in [3.05, 3.63) is 185 Å². The zero-order valence-corrected chi connectivity index (χ0v) is 46.7. The zero-order valence-electron chi connectivity index (χ0n) is 45.1. The second-order valence-electron chi connectivity index (χ2n) is 25.7. The standard InChI is InChI=1S/C68H67BN2S2/c1-40-33-49-50(67(10,11)32-31-66(49,8)9)38-55(40)70-56-39-60-51(68(12,13)48-24-18-20-26-59(48)72-60)37-52(56)69-62-47(35-43(36-57(62)70)65(5,6)7)61-54(30-28-45-44-23-17-19-25-58(44)73-63(45)61)71(69)53-29-27-42(64(2,3)4)34-46(53)41-21-15-14-16-22-41/h14-30,33-39H,31-32H2,1-13H3. The van der Waals surface area contributed by atoms with Crippen LogP contribution in [0, 0.1) is 6.92 Å². The van der Waals surface area contributed by atoms with Crippen LogP contribution in [0.2, 0.25) is 0 Å². The van der Waals surface area contributed by atoms with Gasteiger partial charge < -0.3 is 9.71 Å². The summed E-state index contributed by atoms with van der Waals surface area (Å²) in [7, 11) is 0. The van der Waals surface area contributed by atoms with E-state index in [2.05, 4.69) is 245 Å². The second-order valence-corrected chi connectivity index (χ2v) is 27.8. The minimum absolute atomic E-state index is 0.0379. The molecule has 3 aliphatic heterocycles. The molecular weight excluding hydrogens is 920 g/mol. The van der Waals surface area contributed by atoms with E-state index in [4.69, 9.17) is 0 Å². The smallest absolute Gasteiger partial charge is 0.333 e. The average molecular weight is 987 g/mol. The highest BCUT2D eigenvalue weighted by molar-refractivity contribution is 7.99. The molecule has 1 aliphatic carbocycles. The fraction of sp³-hybridized carbons (Fsp3) is 0.294. The topological polar surface area (TPSA) is 6.48 Å². The summed E-state index contributed by atoms with van der Waals surface area (Å²) in [6.45, 7) is 31.3. The van der Waals surface area contributed by atoms with Crippen molar-refractivity contribution in [2.45, 2.75) is 140 Å². The predicted octanol–water partition coefficient (Wildman–Crippen LogP) is 18.5. The Hall–Kier alpha value is -6.01. The Bertz CT molecular complexity index is 3800. The van der Waals surface area contributed by atoms with Crippen LogP contribution in [0.25, 0.3) is 42.4 Å². The summed E-state index contributed by atoms with van der Waals surface area (Å²) in [5.41, 5.74) is 23.8. The molecule has 13 rings (SSSR count). The minimum atomic E-state index is -0.224. The molecule has 9 aromatic rings. The lowest BCUT2D eigenvalue weighted by Crippen LogP contribution is -2.62. The third-order valence-corrected chi connectivity index (χ3v) is 19.9. The molecule has 0 saturated carbocycles. The van der Waals surface area contributed by atoms with Crippen molar-refractivity contribution in [1.82, 2.24) is 0 Å². The quantitative estimate of drug-likeness (QED) is 0.163. The Morgan fingerprint density at radius 3 is 1.90 bits per heavy atom. The van der Waals surface area contributed by atoms with Crippen LogP contribution in [0.3, 0.4) is 0 Å². The third-order valence-electron chi connectivity index (χ3n) is 17.6. The van der Waals surface area contributed by atoms with Gasteiger partial charge in [0.1, 0.15) is 0 Å². The maximum absolute atomic E-state index is 2.79. The molecular formula is C68H67BN2S2. The predicted molar refractivity (Wildman–Crippen MR) is 319 cm³/mol. The molecule has 0 fully saturated rings. The molecule has 4 heterocycles. The first-order valence-corrected chi connectivity index (χ1v) is 28.3. The number of rotatable bonds is 3. The summed E-state index contributed by atoms with van der Waals surface area (Å²) >= 11 is 3.91. The van der Waals surface area contributed by atoms with Crippen LogP contribution in [0.4, 0.5) is 28.4 Å². The van der Waals surface area contributed by atoms with Crippen LogP contribution in [0.15, 0.2) is 155 Å². The summed E-state index contributed by atoms with van der Waals surface area (Å²) in [4.78, 5) is 8.23. The van der Waals surface area contributed by atoms with Gasteiger partial charge in [-0.1, -0.05) is 192 Å². The fourth-order valence-corrected chi connectivity index (χ4v) is 15.8. The number of aryl methyl sites for hydroxylation is 1. The fourth-order valence-electron chi connectivity index (χ4n) is 13.1. The van der Waals surface area contributed by atoms with E-state index >= 15 is 0 Å². The van der Waals surface area contributed by atoms with Crippen molar-refractivity contribution in [3.8, 4) is 22.3 Å². The molecule has 0 unspecified atom stereocenters. The van der Waals surface area contributed by atoms with E-state index in [1.165, 1.54) is 137 Å². The van der Waals surface area contributed by atoms with Crippen LogP contribution in [-0.2, 0) is 27.1 Å². The first-order valence-electron chi connectivity index (χ1n) is 26.7. The van der Waals surface area contributed by atoms with Gasteiger partial charge in [0, 0.05) is 74.9 Å². The molecule has 0 N–H and O–H groups in total. The largest absolute Gasteiger partial charge is 0.376 e. The SMILES string of the molecule is Cc1cc2c(cc1N1c3cc4c(cc3B3c5c(cc(C(C)(C)C)cc51)-c1c(ccc5c1sc1ccccc15)N3c1ccc(C(C)(C)C)cc1-c1ccccc1)C(C)(C)c1ccccc1S4)C(C)(C)CCC2(C)C. The molecule has 0 saturated heterocycles. The first-order chi connectivity index (χ1) is 34.6. The molecule has 73 heavy (non-hydrogen) atoms. The number of anilines is 5. The molecule has 8 aromatic carbocycles. The van der Waals surface area contributed by atoms with Crippen LogP contribution >= 0.6 is 23.1 Å². The van der Waals surface area contributed by atoms with Gasteiger partial charge in [-0.05, 0) is 151 Å². The maximum atomic E-state index is 2.79. The molecule has 4 aliphatic rings. The van der Waals surface area contributed by atoms with Gasteiger partial charge in [0.25, 0.3) is 0 Å². The molecule has 0 spiro atoms. The molecule has 0 bridgehead atoms. The van der Waals surface area contributed by atoms with Gasteiger partial charge in [-0.15, -0.1) is 11.3 Å². The van der Waals surface area contributed by atoms with Crippen molar-refractivity contribution in [3.63, 3.8) is 0 Å². The Balaban J connectivity index is 1.21. The maximum Gasteiger partial charge on any atom is 0.333 e. The lowest BCUT2D eigenvalue weighted by molar-refractivity contribution is 0.332. The van der Waals surface area contributed by atoms with E-state index in [-0.39, 0.29) is 33.9 Å². The monoisotopic (exact) mass is 986 g/mol. The van der Waals surface area contributed by atoms with Crippen molar-refractivity contribution in [1.29, 1.82) is 0 Å². The number of hydrogen-bond donors (Lipinski definition) is 0. The highest BCUT2D eigenvalue weighted by Gasteiger charge is 2.49. The van der Waals surface area contributed by atoms with Gasteiger partial charge >= 0.3 is 6.85 Å². The highest BCUT2D eigenvalue weighted by Crippen LogP contribution is 2.57. The Kier molecular flexibility index (Phi) is 10.1. The van der Waals surface area contributed by atoms with Gasteiger partial charge in [-0.2, -0.15) is 0 Å². The van der Waals surface area contributed by atoms with Crippen LogP contribution in [0.5, 0.6) is 0 Å². The van der Waals surface area contributed by atoms with Gasteiger partial charge in [0.05, 0.1) is 0 Å². The zero-order chi connectivity index (χ0) is 50.9. The Morgan fingerprint density at radius 2 is 1.16 bits per heavy atom. The van der Waals surface area contributed by atoms with Crippen molar-refractivity contribution < 1.29 is 0 Å². The van der Waals surface area contributed by atoms with Gasteiger partial charge in [0.15, 0.2) is 0 Å². The van der Waals surface area contributed by atoms with Crippen molar-refractivity contribution >= 4 is 89.5 Å². The normalized spacial score (nSPS) is 16.9. The molecule has 0 radical (unpaired) electrons. The summed E-state index contributed by atoms with van der Waals surface area (Å²) in [5, 5.41) is 2.65. The molecule has 0 atom stereocenters. The number of hydrogen-bond acceptors (Lipinski definition) is 4. The number of benzene rings is 8. The van der Waals surface area contributed by atoms with E-state index in [9.17, 15) is 0 Å². The van der Waals surface area contributed by atoms with E-state index < -0.39 is 0 Å². The third kappa shape index (κ3) is 6.96. The van der Waals surface area contributed by atoms with Crippen molar-refractivity contribution in [2.75, 3.05) is 9.71 Å². The highest BCUT2D eigenvalue weighted by atomic mass is 32.2. The van der Waals surface area contributed by atoms with E-state index in [0.717, 1.165) is 6.42 Å². The lowest BCUT2D eigenvalue weighted by Gasteiger charge is -2.48. The molecule has 2 nitrogen and oxygen atoms in total. The summed E-state index contributed by atoms with van der Waals surface area (Å²) in [5.74, 6) is 0. The van der Waals surface area contributed by atoms with Crippen LogP contribution < -0.4 is 20.6 Å². The molecule has 1 aromatic heterocycles. The van der Waals surface area contributed by atoms with Crippen LogP contribution in [0.1, 0.15) is 135 Å². The lowest BCUT2D eigenvalue weighted by atomic mass is 9.42. The van der Waals surface area contributed by atoms with E-state index in [1.54, 1.807) is 0 Å². The Morgan fingerprint density at radius 1 is 0.507 bits per heavy atom. The van der Waals surface area contributed by atoms with Gasteiger partial charge in [0.2, 0.25) is 0 Å². The Labute approximate surface area is 443 Å². The van der Waals surface area contributed by atoms with E-state index in [0.29, 0.717) is 0 Å².